The van der Waals surface area contributed by atoms with Gasteiger partial charge in [0.2, 0.25) is 3.12 Å². The van der Waals surface area contributed by atoms with E-state index in [4.69, 9.17) is 11.6 Å². The third-order valence-corrected chi connectivity index (χ3v) is 6.92. The van der Waals surface area contributed by atoms with Gasteiger partial charge in [0.25, 0.3) is 0 Å². The second kappa shape index (κ2) is 3.68. The van der Waals surface area contributed by atoms with Crippen molar-refractivity contribution in [3.05, 3.63) is 0 Å². The van der Waals surface area contributed by atoms with E-state index in [0.29, 0.717) is 0 Å². The van der Waals surface area contributed by atoms with Crippen molar-refractivity contribution in [1.82, 2.24) is 0 Å². The van der Waals surface area contributed by atoms with Crippen molar-refractivity contribution in [2.45, 2.75) is 29.0 Å². The summed E-state index contributed by atoms with van der Waals surface area (Å²) in [5, 5.41) is 9.63. The smallest absolute Gasteiger partial charge is 0.225 e. The minimum absolute atomic E-state index is 0.0261. The Morgan fingerprint density at radius 2 is 2.15 bits per heavy atom. The highest BCUT2D eigenvalue weighted by molar-refractivity contribution is 9.12. The first-order chi connectivity index (χ1) is 5.83. The number of aliphatic hydroxyl groups is 1. The Morgan fingerprint density at radius 3 is 2.46 bits per heavy atom. The molecule has 0 aromatic heterocycles. The molecule has 1 fully saturated rings. The first kappa shape index (κ1) is 11.8. The van der Waals surface area contributed by atoms with E-state index < -0.39 is 19.1 Å². The monoisotopic (exact) mass is 290 g/mol. The number of rotatable bonds is 4. The lowest BCUT2D eigenvalue weighted by Gasteiger charge is -2.25. The Balaban J connectivity index is 2.85. The van der Waals surface area contributed by atoms with Gasteiger partial charge in [-0.2, -0.15) is 0 Å². The van der Waals surface area contributed by atoms with E-state index in [1.165, 1.54) is 6.92 Å². The molecule has 0 heterocycles. The third kappa shape index (κ3) is 2.19. The van der Waals surface area contributed by atoms with Gasteiger partial charge in [0.1, 0.15) is 6.10 Å². The molecule has 0 bridgehead atoms. The van der Waals surface area contributed by atoms with Crippen LogP contribution in [0.1, 0.15) is 19.8 Å². The average molecular weight is 292 g/mol. The van der Waals surface area contributed by atoms with Gasteiger partial charge < -0.3 is 5.11 Å². The van der Waals surface area contributed by atoms with Crippen LogP contribution in [0.15, 0.2) is 0 Å². The van der Waals surface area contributed by atoms with Crippen LogP contribution in [-0.4, -0.2) is 28.5 Å². The van der Waals surface area contributed by atoms with Crippen molar-refractivity contribution in [3.8, 4) is 0 Å². The molecule has 1 saturated carbocycles. The molecule has 0 unspecified atom stereocenters. The second-order valence-electron chi connectivity index (χ2n) is 3.25. The van der Waals surface area contributed by atoms with Gasteiger partial charge in [-0.3, -0.25) is 0 Å². The highest BCUT2D eigenvalue weighted by Crippen LogP contribution is 2.45. The van der Waals surface area contributed by atoms with Crippen molar-refractivity contribution in [2.75, 3.05) is 5.75 Å². The van der Waals surface area contributed by atoms with Crippen LogP contribution < -0.4 is 0 Å². The van der Waals surface area contributed by atoms with Gasteiger partial charge in [-0.15, -0.1) is 0 Å². The van der Waals surface area contributed by atoms with Crippen LogP contribution in [0.5, 0.6) is 0 Å². The molecule has 1 aliphatic carbocycles. The molecule has 0 radical (unpaired) electrons. The maximum atomic E-state index is 11.5. The Kier molecular flexibility index (Phi) is 3.33. The molecule has 3 nitrogen and oxygen atoms in total. The van der Waals surface area contributed by atoms with Crippen LogP contribution in [-0.2, 0) is 9.84 Å². The van der Waals surface area contributed by atoms with Gasteiger partial charge in [-0.05, 0) is 34.7 Å². The Morgan fingerprint density at radius 1 is 1.69 bits per heavy atom. The van der Waals surface area contributed by atoms with E-state index >= 15 is 0 Å². The van der Waals surface area contributed by atoms with Crippen molar-refractivity contribution in [1.29, 1.82) is 0 Å². The van der Waals surface area contributed by atoms with E-state index in [1.807, 2.05) is 0 Å². The lowest BCUT2D eigenvalue weighted by Crippen LogP contribution is -2.41. The maximum absolute atomic E-state index is 11.5. The molecular weight excluding hydrogens is 279 g/mol. The summed E-state index contributed by atoms with van der Waals surface area (Å²) in [4.78, 5) is 0. The van der Waals surface area contributed by atoms with E-state index in [9.17, 15) is 13.5 Å². The molecule has 1 rings (SSSR count). The van der Waals surface area contributed by atoms with Gasteiger partial charge in [0.15, 0.2) is 9.84 Å². The van der Waals surface area contributed by atoms with Crippen LogP contribution >= 0.6 is 27.5 Å². The standard InChI is InChI=1S/C7H12BrClO3S/c1-2-13(11,12)7(8,9)6(10)5-3-4-5/h5-6,10H,2-4H2,1H3/t6-,7-/m1/s1. The lowest BCUT2D eigenvalue weighted by atomic mass is 10.3. The molecule has 13 heavy (non-hydrogen) atoms. The van der Waals surface area contributed by atoms with Gasteiger partial charge in [0.05, 0.1) is 5.75 Å². The molecule has 2 atom stereocenters. The third-order valence-electron chi connectivity index (χ3n) is 2.21. The second-order valence-corrected chi connectivity index (χ2v) is 8.75. The summed E-state index contributed by atoms with van der Waals surface area (Å²) < 4.78 is 21.2. The fraction of sp³-hybridized carbons (Fsp3) is 1.00. The molecule has 78 valence electrons. The molecule has 0 aliphatic heterocycles. The zero-order chi connectivity index (χ0) is 10.3. The Bertz CT molecular complexity index is 284. The lowest BCUT2D eigenvalue weighted by molar-refractivity contribution is 0.158. The average Bonchev–Trinajstić information content (AvgIpc) is 2.85. The molecule has 0 aromatic carbocycles. The first-order valence-electron chi connectivity index (χ1n) is 4.11. The summed E-state index contributed by atoms with van der Waals surface area (Å²) in [5.41, 5.74) is 0. The maximum Gasteiger partial charge on any atom is 0.225 e. The Hall–Kier alpha value is 0.680. The topological polar surface area (TPSA) is 54.4 Å². The number of alkyl halides is 2. The summed E-state index contributed by atoms with van der Waals surface area (Å²) in [6.45, 7) is 1.51. The summed E-state index contributed by atoms with van der Waals surface area (Å²) in [5.74, 6) is -0.0517. The zero-order valence-corrected chi connectivity index (χ0v) is 10.4. The minimum Gasteiger partial charge on any atom is -0.389 e. The van der Waals surface area contributed by atoms with Gasteiger partial charge in [-0.1, -0.05) is 18.5 Å². The van der Waals surface area contributed by atoms with Gasteiger partial charge >= 0.3 is 0 Å². The fourth-order valence-corrected chi connectivity index (χ4v) is 3.57. The number of hydrogen-bond acceptors (Lipinski definition) is 3. The number of hydrogen-bond donors (Lipinski definition) is 1. The minimum atomic E-state index is -3.47. The zero-order valence-electron chi connectivity index (χ0n) is 7.20. The summed E-state index contributed by atoms with van der Waals surface area (Å²) in [7, 11) is -3.47. The Labute approximate surface area is 91.5 Å². The van der Waals surface area contributed by atoms with E-state index in [0.717, 1.165) is 12.8 Å². The van der Waals surface area contributed by atoms with E-state index in [1.54, 1.807) is 0 Å². The normalized spacial score (nSPS) is 25.2. The van der Waals surface area contributed by atoms with Crippen molar-refractivity contribution in [2.24, 2.45) is 5.92 Å². The number of aliphatic hydroxyl groups excluding tert-OH is 1. The number of sulfone groups is 1. The summed E-state index contributed by atoms with van der Waals surface area (Å²) >= 11 is 8.69. The largest absolute Gasteiger partial charge is 0.389 e. The van der Waals surface area contributed by atoms with Crippen LogP contribution in [0, 0.1) is 5.92 Å². The molecule has 0 amide bonds. The molecule has 0 aromatic rings. The molecule has 0 spiro atoms. The highest BCUT2D eigenvalue weighted by Gasteiger charge is 2.51. The van der Waals surface area contributed by atoms with Crippen LogP contribution in [0.2, 0.25) is 0 Å². The quantitative estimate of drug-likeness (QED) is 0.798. The first-order valence-corrected chi connectivity index (χ1v) is 6.93. The SMILES string of the molecule is CCS(=O)(=O)[C@@](Cl)(Br)[C@H](O)C1CC1. The number of halogens is 2. The van der Waals surface area contributed by atoms with Crippen LogP contribution in [0.25, 0.3) is 0 Å². The fourth-order valence-electron chi connectivity index (χ4n) is 1.06. The van der Waals surface area contributed by atoms with E-state index in [-0.39, 0.29) is 11.7 Å². The van der Waals surface area contributed by atoms with Crippen LogP contribution in [0.4, 0.5) is 0 Å². The van der Waals surface area contributed by atoms with Crippen molar-refractivity contribution in [3.63, 3.8) is 0 Å². The van der Waals surface area contributed by atoms with E-state index in [2.05, 4.69) is 15.9 Å². The van der Waals surface area contributed by atoms with Gasteiger partial charge in [-0.25, -0.2) is 8.42 Å². The van der Waals surface area contributed by atoms with Crippen molar-refractivity contribution >= 4 is 37.4 Å². The molecule has 0 saturated heterocycles. The highest BCUT2D eigenvalue weighted by atomic mass is 79.9. The summed E-state index contributed by atoms with van der Waals surface area (Å²) in [6.07, 6.45) is 0.681. The predicted octanol–water partition coefficient (Wildman–Crippen LogP) is 1.48. The van der Waals surface area contributed by atoms with Crippen LogP contribution in [0.3, 0.4) is 0 Å². The molecule has 1 aliphatic rings. The van der Waals surface area contributed by atoms with Gasteiger partial charge in [0, 0.05) is 0 Å². The molecule has 6 heteroatoms. The summed E-state index contributed by atoms with van der Waals surface area (Å²) in [6, 6.07) is 0. The molecular formula is C7H12BrClO3S. The molecule has 1 N–H and O–H groups in total. The van der Waals surface area contributed by atoms with Crippen molar-refractivity contribution < 1.29 is 13.5 Å². The predicted molar refractivity (Wildman–Crippen MR) is 55.7 cm³/mol.